The van der Waals surface area contributed by atoms with E-state index in [2.05, 4.69) is 25.3 Å². The van der Waals surface area contributed by atoms with Gasteiger partial charge in [0.05, 0.1) is 16.4 Å². The van der Waals surface area contributed by atoms with Crippen LogP contribution in [0, 0.1) is 6.92 Å². The number of hydrogen-bond acceptors (Lipinski definition) is 4. The van der Waals surface area contributed by atoms with Gasteiger partial charge in [-0.1, -0.05) is 0 Å². The molecule has 6 nitrogen and oxygen atoms in total. The molecule has 0 saturated heterocycles. The van der Waals surface area contributed by atoms with Gasteiger partial charge in [-0.2, -0.15) is 0 Å². The second-order valence-electron chi connectivity index (χ2n) is 6.12. The Kier molecular flexibility index (Phi) is 2.43. The van der Waals surface area contributed by atoms with Gasteiger partial charge in [-0.05, 0) is 44.5 Å². The lowest BCUT2D eigenvalue weighted by Crippen LogP contribution is -2.26. The summed E-state index contributed by atoms with van der Waals surface area (Å²) in [4.78, 5) is 28.2. The summed E-state index contributed by atoms with van der Waals surface area (Å²) in [5, 5.41) is 2.92. The third-order valence-corrected chi connectivity index (χ3v) is 4.16. The molecule has 0 unspecified atom stereocenters. The van der Waals surface area contributed by atoms with Crippen molar-refractivity contribution >= 4 is 22.6 Å². The highest BCUT2D eigenvalue weighted by molar-refractivity contribution is 6.07. The molecule has 0 spiro atoms. The third kappa shape index (κ3) is 1.73. The summed E-state index contributed by atoms with van der Waals surface area (Å²) in [6.07, 6.45) is 1.53. The molecule has 1 aromatic carbocycles. The normalized spacial score (nSPS) is 15.9. The Labute approximate surface area is 127 Å². The molecule has 22 heavy (non-hydrogen) atoms. The van der Waals surface area contributed by atoms with Crippen LogP contribution in [0.15, 0.2) is 24.5 Å². The number of H-pyrrole nitrogens is 1. The Morgan fingerprint density at radius 1 is 1.14 bits per heavy atom. The molecule has 0 saturated carbocycles. The van der Waals surface area contributed by atoms with Crippen molar-refractivity contribution in [2.75, 3.05) is 5.32 Å². The van der Waals surface area contributed by atoms with E-state index in [9.17, 15) is 4.79 Å². The predicted molar refractivity (Wildman–Crippen MR) is 83.5 cm³/mol. The van der Waals surface area contributed by atoms with Gasteiger partial charge in [0.2, 0.25) is 5.91 Å². The zero-order valence-electron chi connectivity index (χ0n) is 12.6. The van der Waals surface area contributed by atoms with Crippen molar-refractivity contribution in [1.82, 2.24) is 19.9 Å². The van der Waals surface area contributed by atoms with E-state index in [1.807, 2.05) is 39.0 Å². The Morgan fingerprint density at radius 3 is 2.73 bits per heavy atom. The fourth-order valence-corrected chi connectivity index (χ4v) is 2.78. The molecular formula is C16H15N5O. The van der Waals surface area contributed by atoms with Gasteiger partial charge in [0.25, 0.3) is 0 Å². The van der Waals surface area contributed by atoms with Gasteiger partial charge in [0, 0.05) is 11.4 Å². The minimum absolute atomic E-state index is 0.0156. The number of anilines is 1. The highest BCUT2D eigenvalue weighted by atomic mass is 16.2. The van der Waals surface area contributed by atoms with E-state index in [0.29, 0.717) is 5.82 Å². The van der Waals surface area contributed by atoms with Crippen LogP contribution < -0.4 is 5.32 Å². The average molecular weight is 293 g/mol. The average Bonchev–Trinajstić information content (AvgIpc) is 2.97. The SMILES string of the molecule is Cc1cc(-c2nc3cc4c(cc3[nH]2)C(C)(C)C(=O)N4)ncn1. The number of carbonyl (C=O) groups is 1. The van der Waals surface area contributed by atoms with Gasteiger partial charge in [-0.15, -0.1) is 0 Å². The summed E-state index contributed by atoms with van der Waals surface area (Å²) in [6.45, 7) is 5.76. The standard InChI is InChI=1S/C16H15N5O/c1-8-4-13(18-7-17-8)14-19-11-5-9-10(6-12(11)20-14)21-15(22)16(9,2)3/h4-7H,1-3H3,(H,19,20)(H,21,22). The van der Waals surface area contributed by atoms with Gasteiger partial charge >= 0.3 is 0 Å². The van der Waals surface area contributed by atoms with Crippen LogP contribution in [-0.2, 0) is 10.2 Å². The number of aromatic amines is 1. The van der Waals surface area contributed by atoms with E-state index in [1.54, 1.807) is 0 Å². The number of fused-ring (bicyclic) bond motifs is 2. The highest BCUT2D eigenvalue weighted by Crippen LogP contribution is 2.39. The number of hydrogen-bond donors (Lipinski definition) is 2. The number of nitrogens with one attached hydrogen (secondary N) is 2. The maximum absolute atomic E-state index is 12.0. The first kappa shape index (κ1) is 12.9. The second-order valence-corrected chi connectivity index (χ2v) is 6.12. The molecule has 0 atom stereocenters. The summed E-state index contributed by atoms with van der Waals surface area (Å²) in [5.41, 5.74) is 4.64. The maximum atomic E-state index is 12.0. The summed E-state index contributed by atoms with van der Waals surface area (Å²) < 4.78 is 0. The largest absolute Gasteiger partial charge is 0.337 e. The quantitative estimate of drug-likeness (QED) is 0.722. The Hall–Kier alpha value is -2.76. The lowest BCUT2D eigenvalue weighted by molar-refractivity contribution is -0.119. The molecule has 2 aromatic heterocycles. The van der Waals surface area contributed by atoms with E-state index in [1.165, 1.54) is 6.33 Å². The zero-order chi connectivity index (χ0) is 15.5. The van der Waals surface area contributed by atoms with E-state index < -0.39 is 5.41 Å². The first-order valence-corrected chi connectivity index (χ1v) is 7.10. The zero-order valence-corrected chi connectivity index (χ0v) is 12.6. The van der Waals surface area contributed by atoms with E-state index in [-0.39, 0.29) is 5.91 Å². The molecule has 6 heteroatoms. The van der Waals surface area contributed by atoms with Gasteiger partial charge in [0.1, 0.15) is 12.0 Å². The predicted octanol–water partition coefficient (Wildman–Crippen LogP) is 2.56. The number of aryl methyl sites for hydroxylation is 1. The molecule has 1 aliphatic rings. The Balaban J connectivity index is 1.89. The summed E-state index contributed by atoms with van der Waals surface area (Å²) >= 11 is 0. The van der Waals surface area contributed by atoms with Gasteiger partial charge in [-0.3, -0.25) is 4.79 Å². The Morgan fingerprint density at radius 2 is 1.95 bits per heavy atom. The van der Waals surface area contributed by atoms with Crippen LogP contribution in [0.2, 0.25) is 0 Å². The minimum Gasteiger partial charge on any atom is -0.337 e. The molecule has 0 aliphatic carbocycles. The number of amides is 1. The monoisotopic (exact) mass is 293 g/mol. The second kappa shape index (κ2) is 4.13. The molecule has 0 fully saturated rings. The number of aromatic nitrogens is 4. The highest BCUT2D eigenvalue weighted by Gasteiger charge is 2.38. The molecule has 110 valence electrons. The van der Waals surface area contributed by atoms with Crippen molar-refractivity contribution in [2.45, 2.75) is 26.2 Å². The number of benzene rings is 1. The summed E-state index contributed by atoms with van der Waals surface area (Å²) in [7, 11) is 0. The molecule has 3 aromatic rings. The number of nitrogens with zero attached hydrogens (tertiary/aromatic N) is 3. The number of carbonyl (C=O) groups excluding carboxylic acids is 1. The molecule has 4 rings (SSSR count). The van der Waals surface area contributed by atoms with Crippen molar-refractivity contribution in [3.8, 4) is 11.5 Å². The Bertz CT molecular complexity index is 925. The van der Waals surface area contributed by atoms with Crippen molar-refractivity contribution in [3.63, 3.8) is 0 Å². The smallest absolute Gasteiger partial charge is 0.234 e. The fourth-order valence-electron chi connectivity index (χ4n) is 2.78. The lowest BCUT2D eigenvalue weighted by atomic mass is 9.86. The van der Waals surface area contributed by atoms with E-state index >= 15 is 0 Å². The van der Waals surface area contributed by atoms with Crippen molar-refractivity contribution in [2.24, 2.45) is 0 Å². The first-order valence-electron chi connectivity index (χ1n) is 7.10. The van der Waals surface area contributed by atoms with Gasteiger partial charge in [-0.25, -0.2) is 15.0 Å². The molecule has 1 amide bonds. The maximum Gasteiger partial charge on any atom is 0.234 e. The molecular weight excluding hydrogens is 278 g/mol. The molecule has 1 aliphatic heterocycles. The third-order valence-electron chi connectivity index (χ3n) is 4.16. The summed E-state index contributed by atoms with van der Waals surface area (Å²) in [6, 6.07) is 5.79. The van der Waals surface area contributed by atoms with Crippen LogP contribution in [0.4, 0.5) is 5.69 Å². The van der Waals surface area contributed by atoms with Crippen LogP contribution >= 0.6 is 0 Å². The van der Waals surface area contributed by atoms with Gasteiger partial charge < -0.3 is 10.3 Å². The van der Waals surface area contributed by atoms with Gasteiger partial charge in [0.15, 0.2) is 5.82 Å². The summed E-state index contributed by atoms with van der Waals surface area (Å²) in [5.74, 6) is 0.718. The molecule has 0 bridgehead atoms. The number of imidazole rings is 1. The van der Waals surface area contributed by atoms with Crippen LogP contribution in [0.25, 0.3) is 22.6 Å². The fraction of sp³-hybridized carbons (Fsp3) is 0.250. The van der Waals surface area contributed by atoms with Crippen LogP contribution in [0.1, 0.15) is 25.1 Å². The van der Waals surface area contributed by atoms with E-state index in [4.69, 9.17) is 0 Å². The molecule has 3 heterocycles. The number of rotatable bonds is 1. The van der Waals surface area contributed by atoms with E-state index in [0.717, 1.165) is 33.7 Å². The topological polar surface area (TPSA) is 83.6 Å². The van der Waals surface area contributed by atoms with Crippen molar-refractivity contribution < 1.29 is 4.79 Å². The van der Waals surface area contributed by atoms with Crippen molar-refractivity contribution in [1.29, 1.82) is 0 Å². The lowest BCUT2D eigenvalue weighted by Gasteiger charge is -2.14. The van der Waals surface area contributed by atoms with Crippen LogP contribution in [-0.4, -0.2) is 25.8 Å². The molecule has 2 N–H and O–H groups in total. The molecule has 0 radical (unpaired) electrons. The van der Waals surface area contributed by atoms with Crippen LogP contribution in [0.3, 0.4) is 0 Å². The first-order chi connectivity index (χ1) is 10.4. The minimum atomic E-state index is -0.527. The van der Waals surface area contributed by atoms with Crippen molar-refractivity contribution in [3.05, 3.63) is 35.8 Å². The van der Waals surface area contributed by atoms with Crippen LogP contribution in [0.5, 0.6) is 0 Å².